The molecule has 1 fully saturated rings. The Morgan fingerprint density at radius 3 is 2.75 bits per heavy atom. The Hall–Kier alpha value is -1.77. The number of pyridine rings is 1. The molecule has 1 aromatic heterocycles. The van der Waals surface area contributed by atoms with Gasteiger partial charge in [0.1, 0.15) is 5.82 Å². The zero-order chi connectivity index (χ0) is 13.9. The third kappa shape index (κ3) is 2.45. The smallest absolute Gasteiger partial charge is 0.129 e. The lowest BCUT2D eigenvalue weighted by Gasteiger charge is -2.29. The van der Waals surface area contributed by atoms with E-state index in [1.165, 1.54) is 35.9 Å². The Bertz CT molecular complexity index is 600. The minimum Gasteiger partial charge on any atom is -0.370 e. The second-order valence-corrected chi connectivity index (χ2v) is 5.58. The van der Waals surface area contributed by atoms with Crippen LogP contribution in [0.4, 0.5) is 11.5 Å². The normalized spacial score (nSPS) is 15.6. The number of fused-ring (bicyclic) bond motifs is 1. The molecule has 3 nitrogen and oxygen atoms in total. The van der Waals surface area contributed by atoms with E-state index < -0.39 is 0 Å². The van der Waals surface area contributed by atoms with Gasteiger partial charge in [-0.05, 0) is 50.8 Å². The van der Waals surface area contributed by atoms with E-state index in [0.29, 0.717) is 0 Å². The number of aromatic nitrogens is 1. The van der Waals surface area contributed by atoms with Crippen molar-refractivity contribution in [3.05, 3.63) is 29.8 Å². The third-order valence-corrected chi connectivity index (χ3v) is 4.06. The number of para-hydroxylation sites is 1. The number of anilines is 2. The van der Waals surface area contributed by atoms with Crippen molar-refractivity contribution in [1.82, 2.24) is 4.98 Å². The lowest BCUT2D eigenvalue weighted by molar-refractivity contribution is 0.579. The van der Waals surface area contributed by atoms with Crippen LogP contribution < -0.4 is 10.2 Å². The van der Waals surface area contributed by atoms with Crippen molar-refractivity contribution in [2.45, 2.75) is 33.1 Å². The van der Waals surface area contributed by atoms with Gasteiger partial charge >= 0.3 is 0 Å². The fourth-order valence-electron chi connectivity index (χ4n) is 3.02. The summed E-state index contributed by atoms with van der Waals surface area (Å²) in [5, 5.41) is 4.61. The van der Waals surface area contributed by atoms with Crippen LogP contribution in [0, 0.1) is 6.92 Å². The summed E-state index contributed by atoms with van der Waals surface area (Å²) in [6.45, 7) is 7.46. The van der Waals surface area contributed by atoms with Crippen LogP contribution in [-0.4, -0.2) is 24.6 Å². The van der Waals surface area contributed by atoms with Crippen LogP contribution in [0.15, 0.2) is 24.3 Å². The molecule has 0 unspecified atom stereocenters. The summed E-state index contributed by atoms with van der Waals surface area (Å²) in [7, 11) is 0. The molecule has 0 atom stereocenters. The molecule has 0 radical (unpaired) electrons. The highest BCUT2D eigenvalue weighted by Crippen LogP contribution is 2.30. The van der Waals surface area contributed by atoms with Crippen LogP contribution in [0.25, 0.3) is 10.9 Å². The van der Waals surface area contributed by atoms with Gasteiger partial charge in [-0.25, -0.2) is 4.98 Å². The van der Waals surface area contributed by atoms with Crippen molar-refractivity contribution in [2.75, 3.05) is 29.9 Å². The molecule has 1 aliphatic heterocycles. The maximum Gasteiger partial charge on any atom is 0.129 e. The van der Waals surface area contributed by atoms with Crippen molar-refractivity contribution in [3.8, 4) is 0 Å². The van der Waals surface area contributed by atoms with E-state index in [9.17, 15) is 0 Å². The molecule has 1 saturated heterocycles. The van der Waals surface area contributed by atoms with Crippen LogP contribution in [0.5, 0.6) is 0 Å². The lowest BCUT2D eigenvalue weighted by Crippen LogP contribution is -2.29. The fraction of sp³-hybridized carbons (Fsp3) is 0.471. The molecule has 1 N–H and O–H groups in total. The highest BCUT2D eigenvalue weighted by Gasteiger charge is 2.15. The Morgan fingerprint density at radius 2 is 2.00 bits per heavy atom. The highest BCUT2D eigenvalue weighted by atomic mass is 15.1. The third-order valence-electron chi connectivity index (χ3n) is 4.06. The Morgan fingerprint density at radius 1 is 1.20 bits per heavy atom. The standard InChI is InChI=1S/C17H23N3/c1-3-18-17-13(2)12-14-8-7-9-15(16(14)19-17)20-10-5-4-6-11-20/h7-9,12H,3-6,10-11H2,1-2H3,(H,18,19). The molecule has 106 valence electrons. The minimum absolute atomic E-state index is 0.908. The largest absolute Gasteiger partial charge is 0.370 e. The summed E-state index contributed by atoms with van der Waals surface area (Å²) in [6, 6.07) is 8.78. The van der Waals surface area contributed by atoms with Gasteiger partial charge in [0.15, 0.2) is 0 Å². The van der Waals surface area contributed by atoms with E-state index in [0.717, 1.165) is 31.0 Å². The van der Waals surface area contributed by atoms with Crippen molar-refractivity contribution in [3.63, 3.8) is 0 Å². The van der Waals surface area contributed by atoms with Crippen LogP contribution in [-0.2, 0) is 0 Å². The fourth-order valence-corrected chi connectivity index (χ4v) is 3.02. The Labute approximate surface area is 121 Å². The molecule has 20 heavy (non-hydrogen) atoms. The summed E-state index contributed by atoms with van der Waals surface area (Å²) < 4.78 is 0. The maximum atomic E-state index is 4.89. The molecule has 3 rings (SSSR count). The zero-order valence-corrected chi connectivity index (χ0v) is 12.4. The van der Waals surface area contributed by atoms with E-state index in [-0.39, 0.29) is 0 Å². The zero-order valence-electron chi connectivity index (χ0n) is 12.4. The molecule has 2 aromatic rings. The summed E-state index contributed by atoms with van der Waals surface area (Å²) in [6.07, 6.45) is 3.95. The Kier molecular flexibility index (Phi) is 3.77. The van der Waals surface area contributed by atoms with Gasteiger partial charge in [-0.2, -0.15) is 0 Å². The minimum atomic E-state index is 0.908. The second-order valence-electron chi connectivity index (χ2n) is 5.58. The maximum absolute atomic E-state index is 4.89. The van der Waals surface area contributed by atoms with Gasteiger partial charge in [-0.1, -0.05) is 12.1 Å². The van der Waals surface area contributed by atoms with Crippen molar-refractivity contribution < 1.29 is 0 Å². The summed E-state index contributed by atoms with van der Waals surface area (Å²) in [4.78, 5) is 7.38. The van der Waals surface area contributed by atoms with Gasteiger partial charge in [-0.15, -0.1) is 0 Å². The average molecular weight is 269 g/mol. The number of hydrogen-bond acceptors (Lipinski definition) is 3. The first-order chi connectivity index (χ1) is 9.79. The van der Waals surface area contributed by atoms with Crippen molar-refractivity contribution in [2.24, 2.45) is 0 Å². The first kappa shape index (κ1) is 13.2. The average Bonchev–Trinajstić information content (AvgIpc) is 2.48. The number of nitrogens with one attached hydrogen (secondary N) is 1. The topological polar surface area (TPSA) is 28.2 Å². The number of rotatable bonds is 3. The molecular weight excluding hydrogens is 246 g/mol. The van der Waals surface area contributed by atoms with Gasteiger partial charge in [0.05, 0.1) is 11.2 Å². The Balaban J connectivity index is 2.09. The number of piperidine rings is 1. The van der Waals surface area contributed by atoms with Crippen LogP contribution in [0.3, 0.4) is 0 Å². The molecule has 0 bridgehead atoms. The molecule has 0 spiro atoms. The summed E-state index contributed by atoms with van der Waals surface area (Å²) >= 11 is 0. The first-order valence-corrected chi connectivity index (χ1v) is 7.69. The van der Waals surface area contributed by atoms with Gasteiger partial charge in [0.2, 0.25) is 0 Å². The van der Waals surface area contributed by atoms with E-state index >= 15 is 0 Å². The van der Waals surface area contributed by atoms with Crippen LogP contribution >= 0.6 is 0 Å². The molecular formula is C17H23N3. The number of hydrogen-bond donors (Lipinski definition) is 1. The van der Waals surface area contributed by atoms with Gasteiger partial charge in [0.25, 0.3) is 0 Å². The predicted molar refractivity (Wildman–Crippen MR) is 86.7 cm³/mol. The van der Waals surface area contributed by atoms with Crippen molar-refractivity contribution >= 4 is 22.4 Å². The number of aryl methyl sites for hydroxylation is 1. The SMILES string of the molecule is CCNc1nc2c(N3CCCCC3)cccc2cc1C. The molecule has 1 aliphatic rings. The van der Waals surface area contributed by atoms with E-state index in [4.69, 9.17) is 4.98 Å². The monoisotopic (exact) mass is 269 g/mol. The molecule has 3 heteroatoms. The van der Waals surface area contributed by atoms with Crippen LogP contribution in [0.1, 0.15) is 31.7 Å². The van der Waals surface area contributed by atoms with E-state index in [1.807, 2.05) is 0 Å². The quantitative estimate of drug-likeness (QED) is 0.914. The van der Waals surface area contributed by atoms with E-state index in [2.05, 4.69) is 48.3 Å². The van der Waals surface area contributed by atoms with Crippen molar-refractivity contribution in [1.29, 1.82) is 0 Å². The van der Waals surface area contributed by atoms with Gasteiger partial charge in [0, 0.05) is 25.0 Å². The second kappa shape index (κ2) is 5.70. The number of benzene rings is 1. The van der Waals surface area contributed by atoms with Crippen LogP contribution in [0.2, 0.25) is 0 Å². The number of nitrogens with zero attached hydrogens (tertiary/aromatic N) is 2. The molecule has 0 saturated carbocycles. The molecule has 2 heterocycles. The van der Waals surface area contributed by atoms with Gasteiger partial charge in [-0.3, -0.25) is 0 Å². The molecule has 0 aliphatic carbocycles. The van der Waals surface area contributed by atoms with Gasteiger partial charge < -0.3 is 10.2 Å². The highest BCUT2D eigenvalue weighted by molar-refractivity contribution is 5.92. The van der Waals surface area contributed by atoms with E-state index in [1.54, 1.807) is 0 Å². The summed E-state index contributed by atoms with van der Waals surface area (Å²) in [5.74, 6) is 1.02. The molecule has 0 amide bonds. The molecule has 1 aromatic carbocycles. The summed E-state index contributed by atoms with van der Waals surface area (Å²) in [5.41, 5.74) is 3.65. The lowest BCUT2D eigenvalue weighted by atomic mass is 10.1. The predicted octanol–water partition coefficient (Wildman–Crippen LogP) is 3.97. The first-order valence-electron chi connectivity index (χ1n) is 7.69.